The largest absolute Gasteiger partial charge is 0.334 e. The second-order valence-corrected chi connectivity index (χ2v) is 10.9. The van der Waals surface area contributed by atoms with Gasteiger partial charge in [-0.25, -0.2) is 9.97 Å². The molecule has 40 heavy (non-hydrogen) atoms. The van der Waals surface area contributed by atoms with E-state index in [-0.39, 0.29) is 0 Å². The topological polar surface area (TPSA) is 48.5 Å². The van der Waals surface area contributed by atoms with Crippen LogP contribution in [-0.2, 0) is 7.05 Å². The average Bonchev–Trinajstić information content (AvgIpc) is 3.72. The summed E-state index contributed by atoms with van der Waals surface area (Å²) in [6.45, 7) is 0. The van der Waals surface area contributed by atoms with E-state index in [1.54, 1.807) is 11.3 Å². The van der Waals surface area contributed by atoms with Gasteiger partial charge in [0.25, 0.3) is 0 Å². The van der Waals surface area contributed by atoms with Gasteiger partial charge in [-0.2, -0.15) is 0 Å². The number of fused-ring (bicyclic) bond motifs is 4. The summed E-state index contributed by atoms with van der Waals surface area (Å²) in [6.07, 6.45) is 5.70. The zero-order valence-corrected chi connectivity index (χ0v) is 22.5. The molecule has 0 spiro atoms. The molecule has 8 aromatic rings. The molecule has 0 radical (unpaired) electrons. The number of imidazole rings is 1. The van der Waals surface area contributed by atoms with E-state index in [9.17, 15) is 0 Å². The van der Waals surface area contributed by atoms with Crippen molar-refractivity contribution in [2.75, 3.05) is 0 Å². The molecule has 0 bridgehead atoms. The maximum absolute atomic E-state index is 5.02. The first-order chi connectivity index (χ1) is 19.7. The quantitative estimate of drug-likeness (QED) is 0.228. The lowest BCUT2D eigenvalue weighted by Crippen LogP contribution is -1.96. The minimum Gasteiger partial charge on any atom is -0.334 e. The fourth-order valence-corrected chi connectivity index (χ4v) is 6.59. The van der Waals surface area contributed by atoms with Crippen molar-refractivity contribution in [3.05, 3.63) is 122 Å². The molecular formula is C34H23N5S. The van der Waals surface area contributed by atoms with Gasteiger partial charge in [-0.3, -0.25) is 4.98 Å². The van der Waals surface area contributed by atoms with E-state index in [0.29, 0.717) is 0 Å². The van der Waals surface area contributed by atoms with Crippen LogP contribution in [-0.4, -0.2) is 24.1 Å². The van der Waals surface area contributed by atoms with Gasteiger partial charge in [-0.1, -0.05) is 48.5 Å². The lowest BCUT2D eigenvalue weighted by Gasteiger charge is -2.12. The maximum Gasteiger partial charge on any atom is 0.140 e. The van der Waals surface area contributed by atoms with Crippen molar-refractivity contribution < 1.29 is 0 Å². The van der Waals surface area contributed by atoms with E-state index in [1.807, 2.05) is 43.8 Å². The van der Waals surface area contributed by atoms with Crippen LogP contribution >= 0.6 is 11.3 Å². The summed E-state index contributed by atoms with van der Waals surface area (Å²) in [5.41, 5.74) is 8.57. The molecule has 0 amide bonds. The SMILES string of the molecule is Cn1ccnc1-c1cc(-c2nc3ccccc3s2)cc2c1c1ccccc1n2-c1cccc(-c2ccccn2)c1. The molecule has 0 saturated heterocycles. The van der Waals surface area contributed by atoms with Crippen LogP contribution in [0.3, 0.4) is 0 Å². The third-order valence-corrected chi connectivity index (χ3v) is 8.53. The molecule has 0 saturated carbocycles. The number of hydrogen-bond donors (Lipinski definition) is 0. The minimum atomic E-state index is 0.929. The standard InChI is InChI=1S/C34H23N5S/c1-38-18-17-36-33(38)26-20-23(34-37-28-13-3-5-15-31(28)40-34)21-30-32(26)25-11-2-4-14-29(25)39(30)24-10-8-9-22(19-24)27-12-6-7-16-35-27/h2-21H,1H3. The Labute approximate surface area is 234 Å². The Kier molecular flexibility index (Phi) is 5.15. The molecule has 0 N–H and O–H groups in total. The predicted molar refractivity (Wildman–Crippen MR) is 165 cm³/mol. The van der Waals surface area contributed by atoms with Gasteiger partial charge in [0.15, 0.2) is 0 Å². The monoisotopic (exact) mass is 533 g/mol. The highest BCUT2D eigenvalue weighted by Gasteiger charge is 2.21. The van der Waals surface area contributed by atoms with Gasteiger partial charge in [0, 0.05) is 58.8 Å². The van der Waals surface area contributed by atoms with Crippen molar-refractivity contribution in [3.8, 4) is 38.9 Å². The van der Waals surface area contributed by atoms with Gasteiger partial charge >= 0.3 is 0 Å². The molecule has 0 aliphatic carbocycles. The lowest BCUT2D eigenvalue weighted by atomic mass is 10.0. The molecule has 4 aromatic carbocycles. The first-order valence-electron chi connectivity index (χ1n) is 13.2. The molecule has 8 rings (SSSR count). The van der Waals surface area contributed by atoms with E-state index < -0.39 is 0 Å². The summed E-state index contributed by atoms with van der Waals surface area (Å²) in [4.78, 5) is 14.4. The van der Waals surface area contributed by atoms with Crippen molar-refractivity contribution in [1.82, 2.24) is 24.1 Å². The number of nitrogens with zero attached hydrogens (tertiary/aromatic N) is 5. The van der Waals surface area contributed by atoms with E-state index >= 15 is 0 Å². The van der Waals surface area contributed by atoms with Crippen molar-refractivity contribution in [2.24, 2.45) is 7.05 Å². The zero-order valence-electron chi connectivity index (χ0n) is 21.7. The Morgan fingerprint density at radius 2 is 1.57 bits per heavy atom. The van der Waals surface area contributed by atoms with E-state index in [0.717, 1.165) is 55.5 Å². The van der Waals surface area contributed by atoms with E-state index in [1.165, 1.54) is 15.5 Å². The maximum atomic E-state index is 5.02. The van der Waals surface area contributed by atoms with Crippen LogP contribution in [0.2, 0.25) is 0 Å². The van der Waals surface area contributed by atoms with Crippen molar-refractivity contribution in [2.45, 2.75) is 0 Å². The van der Waals surface area contributed by atoms with Crippen LogP contribution in [0.15, 0.2) is 122 Å². The summed E-state index contributed by atoms with van der Waals surface area (Å²) >= 11 is 1.72. The second kappa shape index (κ2) is 9.00. The Balaban J connectivity index is 1.48. The molecule has 4 aromatic heterocycles. The van der Waals surface area contributed by atoms with E-state index in [2.05, 4.69) is 99.0 Å². The van der Waals surface area contributed by atoms with Crippen LogP contribution in [0, 0.1) is 0 Å². The number of hydrogen-bond acceptors (Lipinski definition) is 4. The summed E-state index contributed by atoms with van der Waals surface area (Å²) in [5.74, 6) is 0.929. The molecule has 5 nitrogen and oxygen atoms in total. The number of aryl methyl sites for hydroxylation is 1. The minimum absolute atomic E-state index is 0.929. The first kappa shape index (κ1) is 22.9. The third kappa shape index (κ3) is 3.57. The van der Waals surface area contributed by atoms with Gasteiger partial charge in [-0.15, -0.1) is 11.3 Å². The summed E-state index contributed by atoms with van der Waals surface area (Å²) < 4.78 is 5.63. The summed E-state index contributed by atoms with van der Waals surface area (Å²) in [5, 5.41) is 3.37. The number of rotatable bonds is 4. The van der Waals surface area contributed by atoms with Gasteiger partial charge in [0.05, 0.1) is 26.9 Å². The number of benzene rings is 4. The normalized spacial score (nSPS) is 11.6. The lowest BCUT2D eigenvalue weighted by molar-refractivity contribution is 0.926. The van der Waals surface area contributed by atoms with Gasteiger partial charge in [0.1, 0.15) is 10.8 Å². The van der Waals surface area contributed by atoms with Crippen LogP contribution in [0.25, 0.3) is 70.9 Å². The zero-order chi connectivity index (χ0) is 26.6. The molecule has 0 unspecified atom stereocenters. The average molecular weight is 534 g/mol. The van der Waals surface area contributed by atoms with Crippen LogP contribution < -0.4 is 0 Å². The van der Waals surface area contributed by atoms with Crippen LogP contribution in [0.4, 0.5) is 0 Å². The van der Waals surface area contributed by atoms with E-state index in [4.69, 9.17) is 9.97 Å². The Bertz CT molecular complexity index is 2150. The molecule has 0 atom stereocenters. The number of aromatic nitrogens is 5. The van der Waals surface area contributed by atoms with Crippen molar-refractivity contribution in [3.63, 3.8) is 0 Å². The number of para-hydroxylation sites is 2. The highest BCUT2D eigenvalue weighted by Crippen LogP contribution is 2.42. The molecule has 6 heteroatoms. The highest BCUT2D eigenvalue weighted by molar-refractivity contribution is 7.21. The van der Waals surface area contributed by atoms with Gasteiger partial charge in [-0.05, 0) is 54.6 Å². The van der Waals surface area contributed by atoms with Crippen LogP contribution in [0.5, 0.6) is 0 Å². The fraction of sp³-hybridized carbons (Fsp3) is 0.0294. The van der Waals surface area contributed by atoms with Gasteiger partial charge < -0.3 is 9.13 Å². The van der Waals surface area contributed by atoms with Crippen molar-refractivity contribution in [1.29, 1.82) is 0 Å². The number of thiazole rings is 1. The molecule has 0 aliphatic heterocycles. The number of pyridine rings is 1. The summed E-state index contributed by atoms with van der Waals surface area (Å²) in [6, 6.07) is 36.1. The summed E-state index contributed by atoms with van der Waals surface area (Å²) in [7, 11) is 2.05. The smallest absolute Gasteiger partial charge is 0.140 e. The van der Waals surface area contributed by atoms with Gasteiger partial charge in [0.2, 0.25) is 0 Å². The first-order valence-corrected chi connectivity index (χ1v) is 14.0. The molecule has 4 heterocycles. The highest BCUT2D eigenvalue weighted by atomic mass is 32.1. The van der Waals surface area contributed by atoms with Crippen molar-refractivity contribution >= 4 is 43.4 Å². The Hall–Kier alpha value is -5.07. The fourth-order valence-electron chi connectivity index (χ4n) is 5.63. The molecular weight excluding hydrogens is 510 g/mol. The molecule has 190 valence electrons. The molecule has 0 fully saturated rings. The third-order valence-electron chi connectivity index (χ3n) is 7.44. The Morgan fingerprint density at radius 3 is 2.42 bits per heavy atom. The predicted octanol–water partition coefficient (Wildman–Crippen LogP) is 8.52. The van der Waals surface area contributed by atoms with Crippen LogP contribution in [0.1, 0.15) is 0 Å². The molecule has 0 aliphatic rings. The second-order valence-electron chi connectivity index (χ2n) is 9.88. The Morgan fingerprint density at radius 1 is 0.700 bits per heavy atom.